The van der Waals surface area contributed by atoms with E-state index < -0.39 is 0 Å². The summed E-state index contributed by atoms with van der Waals surface area (Å²) in [4.78, 5) is 5.16. The zero-order valence-corrected chi connectivity index (χ0v) is 14.0. The average Bonchev–Trinajstić information content (AvgIpc) is 2.91. The molecule has 0 aliphatic carbocycles. The van der Waals surface area contributed by atoms with E-state index >= 15 is 0 Å². The zero-order chi connectivity index (χ0) is 15.4. The molecule has 0 bridgehead atoms. The zero-order valence-electron chi connectivity index (χ0n) is 14.0. The number of likely N-dealkylation sites (N-methyl/N-ethyl adjacent to an activating group) is 1. The van der Waals surface area contributed by atoms with E-state index in [0.29, 0.717) is 12.1 Å². The SMILES string of the molecule is CCN(CC)C1CCN(C(c2ccc(C)cc2)C(C)N)C1. The van der Waals surface area contributed by atoms with Crippen LogP contribution in [0.3, 0.4) is 0 Å². The molecule has 2 rings (SSSR count). The van der Waals surface area contributed by atoms with E-state index in [2.05, 4.69) is 61.8 Å². The van der Waals surface area contributed by atoms with Gasteiger partial charge in [-0.15, -0.1) is 0 Å². The highest BCUT2D eigenvalue weighted by atomic mass is 15.3. The number of likely N-dealkylation sites (tertiary alicyclic amines) is 1. The molecule has 3 nitrogen and oxygen atoms in total. The van der Waals surface area contributed by atoms with Crippen molar-refractivity contribution in [3.63, 3.8) is 0 Å². The second kappa shape index (κ2) is 7.39. The van der Waals surface area contributed by atoms with Crippen LogP contribution in [-0.4, -0.2) is 48.1 Å². The molecule has 1 fully saturated rings. The molecule has 0 aromatic heterocycles. The molecule has 3 heteroatoms. The third-order valence-corrected chi connectivity index (χ3v) is 4.83. The van der Waals surface area contributed by atoms with Gasteiger partial charge in [0.15, 0.2) is 0 Å². The molecule has 118 valence electrons. The summed E-state index contributed by atoms with van der Waals surface area (Å²) in [5, 5.41) is 0. The topological polar surface area (TPSA) is 32.5 Å². The lowest BCUT2D eigenvalue weighted by Gasteiger charge is -2.33. The van der Waals surface area contributed by atoms with Crippen molar-refractivity contribution in [2.24, 2.45) is 5.73 Å². The van der Waals surface area contributed by atoms with Gasteiger partial charge in [-0.05, 0) is 38.9 Å². The summed E-state index contributed by atoms with van der Waals surface area (Å²) in [6, 6.07) is 10.1. The second-order valence-electron chi connectivity index (χ2n) is 6.37. The van der Waals surface area contributed by atoms with E-state index in [4.69, 9.17) is 5.73 Å². The van der Waals surface area contributed by atoms with Gasteiger partial charge in [-0.25, -0.2) is 0 Å². The Kier molecular flexibility index (Phi) is 5.80. The maximum absolute atomic E-state index is 6.32. The first-order chi connectivity index (χ1) is 10.1. The van der Waals surface area contributed by atoms with Crippen molar-refractivity contribution >= 4 is 0 Å². The number of hydrogen-bond acceptors (Lipinski definition) is 3. The molecule has 1 aliphatic rings. The molecule has 0 amide bonds. The van der Waals surface area contributed by atoms with Crippen molar-refractivity contribution in [3.8, 4) is 0 Å². The number of aryl methyl sites for hydroxylation is 1. The largest absolute Gasteiger partial charge is 0.326 e. The normalized spacial score (nSPS) is 22.7. The summed E-state index contributed by atoms with van der Waals surface area (Å²) in [6.45, 7) is 13.4. The molecule has 1 aromatic carbocycles. The number of nitrogens with two attached hydrogens (primary N) is 1. The van der Waals surface area contributed by atoms with Crippen LogP contribution >= 0.6 is 0 Å². The van der Waals surface area contributed by atoms with Crippen LogP contribution in [0.25, 0.3) is 0 Å². The van der Waals surface area contributed by atoms with Gasteiger partial charge in [-0.2, -0.15) is 0 Å². The highest BCUT2D eigenvalue weighted by molar-refractivity contribution is 5.25. The van der Waals surface area contributed by atoms with Crippen LogP contribution in [-0.2, 0) is 0 Å². The Morgan fingerprint density at radius 1 is 1.24 bits per heavy atom. The van der Waals surface area contributed by atoms with E-state index in [0.717, 1.165) is 26.2 Å². The molecule has 2 N–H and O–H groups in total. The Morgan fingerprint density at radius 3 is 2.38 bits per heavy atom. The van der Waals surface area contributed by atoms with Crippen molar-refractivity contribution in [3.05, 3.63) is 35.4 Å². The lowest BCUT2D eigenvalue weighted by molar-refractivity contribution is 0.176. The molecule has 1 saturated heterocycles. The Labute approximate surface area is 130 Å². The molecule has 0 radical (unpaired) electrons. The summed E-state index contributed by atoms with van der Waals surface area (Å²) >= 11 is 0. The van der Waals surface area contributed by atoms with Gasteiger partial charge in [0.25, 0.3) is 0 Å². The van der Waals surface area contributed by atoms with E-state index in [1.165, 1.54) is 17.5 Å². The van der Waals surface area contributed by atoms with Crippen LogP contribution < -0.4 is 5.73 Å². The summed E-state index contributed by atoms with van der Waals surface area (Å²) in [5.74, 6) is 0. The number of rotatable bonds is 6. The maximum atomic E-state index is 6.32. The molecule has 1 aliphatic heterocycles. The van der Waals surface area contributed by atoms with Gasteiger partial charge in [0.1, 0.15) is 0 Å². The van der Waals surface area contributed by atoms with Crippen LogP contribution in [0.15, 0.2) is 24.3 Å². The molecule has 21 heavy (non-hydrogen) atoms. The Hall–Kier alpha value is -0.900. The molecule has 3 unspecified atom stereocenters. The predicted molar refractivity (Wildman–Crippen MR) is 90.5 cm³/mol. The highest BCUT2D eigenvalue weighted by Crippen LogP contribution is 2.29. The van der Waals surface area contributed by atoms with Gasteiger partial charge >= 0.3 is 0 Å². The summed E-state index contributed by atoms with van der Waals surface area (Å²) in [5.41, 5.74) is 8.98. The van der Waals surface area contributed by atoms with Gasteiger partial charge in [-0.1, -0.05) is 43.7 Å². The molecular weight excluding hydrogens is 258 g/mol. The highest BCUT2D eigenvalue weighted by Gasteiger charge is 2.32. The Balaban J connectivity index is 2.11. The third kappa shape index (κ3) is 3.85. The molecule has 3 atom stereocenters. The maximum Gasteiger partial charge on any atom is 0.0497 e. The lowest BCUT2D eigenvalue weighted by atomic mass is 9.98. The summed E-state index contributed by atoms with van der Waals surface area (Å²) < 4.78 is 0. The fourth-order valence-electron chi connectivity index (χ4n) is 3.67. The van der Waals surface area contributed by atoms with Gasteiger partial charge < -0.3 is 5.73 Å². The van der Waals surface area contributed by atoms with E-state index in [1.54, 1.807) is 0 Å². The van der Waals surface area contributed by atoms with Crippen LogP contribution in [0.5, 0.6) is 0 Å². The Morgan fingerprint density at radius 2 is 1.86 bits per heavy atom. The van der Waals surface area contributed by atoms with Crippen molar-refractivity contribution in [1.29, 1.82) is 0 Å². The smallest absolute Gasteiger partial charge is 0.0497 e. The lowest BCUT2D eigenvalue weighted by Crippen LogP contribution is -2.41. The van der Waals surface area contributed by atoms with Crippen molar-refractivity contribution in [2.45, 2.75) is 52.2 Å². The van der Waals surface area contributed by atoms with E-state index in [9.17, 15) is 0 Å². The molecule has 1 heterocycles. The minimum atomic E-state index is 0.156. The monoisotopic (exact) mass is 289 g/mol. The summed E-state index contributed by atoms with van der Waals surface area (Å²) in [7, 11) is 0. The first kappa shape index (κ1) is 16.5. The quantitative estimate of drug-likeness (QED) is 0.874. The molecule has 1 aromatic rings. The van der Waals surface area contributed by atoms with Gasteiger partial charge in [0, 0.05) is 31.2 Å². The van der Waals surface area contributed by atoms with E-state index in [1.807, 2.05) is 0 Å². The number of hydrogen-bond donors (Lipinski definition) is 1. The standard InChI is InChI=1S/C18H31N3/c1-5-20(6-2)17-11-12-21(13-17)18(15(4)19)16-9-7-14(3)8-10-16/h7-10,15,17-18H,5-6,11-13,19H2,1-4H3. The third-order valence-electron chi connectivity index (χ3n) is 4.83. The van der Waals surface area contributed by atoms with Crippen LogP contribution in [0.2, 0.25) is 0 Å². The first-order valence-electron chi connectivity index (χ1n) is 8.37. The average molecular weight is 289 g/mol. The first-order valence-corrected chi connectivity index (χ1v) is 8.37. The Bertz CT molecular complexity index is 423. The van der Waals surface area contributed by atoms with Gasteiger partial charge in [-0.3, -0.25) is 9.80 Å². The van der Waals surface area contributed by atoms with Crippen molar-refractivity contribution in [2.75, 3.05) is 26.2 Å². The fraction of sp³-hybridized carbons (Fsp3) is 0.667. The van der Waals surface area contributed by atoms with Crippen LogP contribution in [0.1, 0.15) is 44.4 Å². The molecular formula is C18H31N3. The number of benzene rings is 1. The minimum Gasteiger partial charge on any atom is -0.326 e. The van der Waals surface area contributed by atoms with Crippen molar-refractivity contribution in [1.82, 2.24) is 9.80 Å². The van der Waals surface area contributed by atoms with Crippen molar-refractivity contribution < 1.29 is 0 Å². The second-order valence-corrected chi connectivity index (χ2v) is 6.37. The van der Waals surface area contributed by atoms with Gasteiger partial charge in [0.2, 0.25) is 0 Å². The molecule has 0 saturated carbocycles. The number of nitrogens with zero attached hydrogens (tertiary/aromatic N) is 2. The van der Waals surface area contributed by atoms with Crippen LogP contribution in [0.4, 0.5) is 0 Å². The summed E-state index contributed by atoms with van der Waals surface area (Å²) in [6.07, 6.45) is 1.26. The molecule has 0 spiro atoms. The van der Waals surface area contributed by atoms with Crippen LogP contribution in [0, 0.1) is 6.92 Å². The minimum absolute atomic E-state index is 0.156. The van der Waals surface area contributed by atoms with E-state index in [-0.39, 0.29) is 6.04 Å². The van der Waals surface area contributed by atoms with Gasteiger partial charge in [0.05, 0.1) is 0 Å². The predicted octanol–water partition coefficient (Wildman–Crippen LogP) is 2.80. The fourth-order valence-corrected chi connectivity index (χ4v) is 3.67.